The lowest BCUT2D eigenvalue weighted by Gasteiger charge is -2.32. The van der Waals surface area contributed by atoms with Crippen LogP contribution in [0, 0.1) is 11.8 Å². The van der Waals surface area contributed by atoms with E-state index in [0.29, 0.717) is 25.7 Å². The van der Waals surface area contributed by atoms with Crippen molar-refractivity contribution in [2.75, 3.05) is 19.8 Å². The van der Waals surface area contributed by atoms with Gasteiger partial charge in [0.05, 0.1) is 19.3 Å². The summed E-state index contributed by atoms with van der Waals surface area (Å²) < 4.78 is 0. The van der Waals surface area contributed by atoms with Gasteiger partial charge in [0.25, 0.3) is 0 Å². The number of β-amino-alcohol motifs (C(OH)–C–C–N with tert-alkyl or cyclic N) is 1. The van der Waals surface area contributed by atoms with Gasteiger partial charge in [-0.05, 0) is 44.4 Å². The molecule has 12 N–H and O–H groups in total. The topological polar surface area (TPSA) is 336 Å². The molecule has 0 aromatic heterocycles. The van der Waals surface area contributed by atoms with E-state index in [1.807, 2.05) is 0 Å². The summed E-state index contributed by atoms with van der Waals surface area (Å²) in [6.45, 7) is 4.10. The van der Waals surface area contributed by atoms with Gasteiger partial charge in [-0.15, -0.1) is 0 Å². The highest BCUT2D eigenvalue weighted by Crippen LogP contribution is 2.27. The summed E-state index contributed by atoms with van der Waals surface area (Å²) in [5.74, 6) is -8.67. The summed E-state index contributed by atoms with van der Waals surface area (Å²) in [6, 6.07) is -9.69. The van der Waals surface area contributed by atoms with Crippen LogP contribution in [-0.4, -0.2) is 147 Å². The number of amides is 8. The van der Waals surface area contributed by atoms with Crippen LogP contribution in [-0.2, 0) is 43.2 Å². The van der Waals surface area contributed by atoms with Crippen LogP contribution in [0.3, 0.4) is 0 Å². The highest BCUT2D eigenvalue weighted by Gasteiger charge is 2.39. The zero-order valence-corrected chi connectivity index (χ0v) is 32.2. The second-order valence-corrected chi connectivity index (χ2v) is 14.8. The first-order valence-corrected chi connectivity index (χ1v) is 18.8. The number of hydrogen-bond acceptors (Lipinski definition) is 12. The van der Waals surface area contributed by atoms with E-state index in [1.54, 1.807) is 13.8 Å². The first kappa shape index (κ1) is 47.3. The van der Waals surface area contributed by atoms with Crippen LogP contribution in [0.5, 0.6) is 0 Å². The molecule has 1 saturated carbocycles. The Labute approximate surface area is 324 Å². The second kappa shape index (κ2) is 22.6. The molecule has 2 aliphatic rings. The minimum atomic E-state index is -1.64. The van der Waals surface area contributed by atoms with Crippen LogP contribution in [0.4, 0.5) is 0 Å². The van der Waals surface area contributed by atoms with Crippen LogP contribution in [0.2, 0.25) is 0 Å². The predicted molar refractivity (Wildman–Crippen MR) is 195 cm³/mol. The lowest BCUT2D eigenvalue weighted by atomic mass is 9.83. The van der Waals surface area contributed by atoms with Crippen LogP contribution in [0.1, 0.15) is 85.5 Å². The number of carboxylic acids is 1. The maximum atomic E-state index is 13.9. The molecule has 0 aromatic carbocycles. The Bertz CT molecular complexity index is 1440. The monoisotopic (exact) mass is 798 g/mol. The number of aliphatic hydroxyl groups excluding tert-OH is 3. The first-order chi connectivity index (χ1) is 26.3. The second-order valence-electron chi connectivity index (χ2n) is 14.8. The Morgan fingerprint density at radius 1 is 0.714 bits per heavy atom. The van der Waals surface area contributed by atoms with E-state index < -0.39 is 127 Å². The van der Waals surface area contributed by atoms with Gasteiger partial charge in [0.2, 0.25) is 47.3 Å². The molecule has 56 heavy (non-hydrogen) atoms. The van der Waals surface area contributed by atoms with E-state index in [1.165, 1.54) is 18.7 Å². The number of nitrogens with one attached hydrogen (secondary N) is 6. The van der Waals surface area contributed by atoms with Gasteiger partial charge in [0.15, 0.2) is 0 Å². The average molecular weight is 799 g/mol. The summed E-state index contributed by atoms with van der Waals surface area (Å²) in [7, 11) is 0. The number of rotatable bonds is 21. The molecule has 21 heteroatoms. The first-order valence-electron chi connectivity index (χ1n) is 18.8. The molecule has 0 spiro atoms. The Hall–Kier alpha value is -4.89. The number of carboxylic acid groups (broad SMARTS) is 1. The predicted octanol–water partition coefficient (Wildman–Crippen LogP) is -4.14. The van der Waals surface area contributed by atoms with Gasteiger partial charge in [0, 0.05) is 26.3 Å². The van der Waals surface area contributed by atoms with Crippen molar-refractivity contribution in [3.63, 3.8) is 0 Å². The number of carbonyl (C=O) groups is 9. The average Bonchev–Trinajstić information content (AvgIpc) is 3.54. The van der Waals surface area contributed by atoms with E-state index in [9.17, 15) is 63.6 Å². The maximum Gasteiger partial charge on any atom is 0.326 e. The molecule has 8 amide bonds. The Morgan fingerprint density at radius 3 is 1.75 bits per heavy atom. The van der Waals surface area contributed by atoms with E-state index in [-0.39, 0.29) is 31.7 Å². The van der Waals surface area contributed by atoms with E-state index in [2.05, 4.69) is 31.9 Å². The smallest absolute Gasteiger partial charge is 0.326 e. The molecule has 1 saturated heterocycles. The van der Waals surface area contributed by atoms with Crippen molar-refractivity contribution < 1.29 is 63.6 Å². The van der Waals surface area contributed by atoms with E-state index >= 15 is 0 Å². The maximum absolute atomic E-state index is 13.9. The molecule has 8 atom stereocenters. The van der Waals surface area contributed by atoms with Crippen LogP contribution in [0.15, 0.2) is 0 Å². The summed E-state index contributed by atoms with van der Waals surface area (Å²) in [5, 5.41) is 53.7. The molecule has 0 bridgehead atoms. The zero-order chi connectivity index (χ0) is 42.3. The Kier molecular flexibility index (Phi) is 19.1. The Morgan fingerprint density at radius 2 is 1.23 bits per heavy atom. The quantitative estimate of drug-likeness (QED) is 0.0526. The fraction of sp³-hybridized carbons (Fsp3) is 0.743. The number of hydrogen-bond donors (Lipinski definition) is 11. The molecule has 2 fully saturated rings. The van der Waals surface area contributed by atoms with E-state index in [4.69, 9.17) is 5.73 Å². The van der Waals surface area contributed by atoms with Gasteiger partial charge in [-0.1, -0.05) is 33.1 Å². The lowest BCUT2D eigenvalue weighted by Crippen LogP contribution is -2.61. The molecule has 0 unspecified atom stereocenters. The summed E-state index contributed by atoms with van der Waals surface area (Å²) in [5.41, 5.74) is 5.30. The molecule has 1 heterocycles. The summed E-state index contributed by atoms with van der Waals surface area (Å²) in [4.78, 5) is 116. The van der Waals surface area contributed by atoms with Crippen molar-refractivity contribution in [3.05, 3.63) is 0 Å². The molecule has 1 aliphatic carbocycles. The SMILES string of the molecule is CC(=O)N1C[C@H](O)C[C@H]1C(=O)N[C@@H](C)C(=O)N[C@@H](CO)C(=O)N[C@H](C(=O)N[C@@H](CCC(N)=O)C(=O)N[C@@H](CO)C(=O)N[C@@H](CC(C)C)C(=O)O)C1CCCCC1. The van der Waals surface area contributed by atoms with Crippen LogP contribution < -0.4 is 37.6 Å². The Balaban J connectivity index is 2.21. The highest BCUT2D eigenvalue weighted by molar-refractivity contribution is 5.97. The highest BCUT2D eigenvalue weighted by atomic mass is 16.4. The number of aliphatic carboxylic acids is 1. The number of likely N-dealkylation sites (tertiary alicyclic amines) is 1. The van der Waals surface area contributed by atoms with Crippen LogP contribution >= 0.6 is 0 Å². The number of nitrogens with two attached hydrogens (primary N) is 1. The van der Waals surface area contributed by atoms with E-state index in [0.717, 1.165) is 6.42 Å². The molecule has 316 valence electrons. The fourth-order valence-electron chi connectivity index (χ4n) is 6.64. The third kappa shape index (κ3) is 14.6. The van der Waals surface area contributed by atoms with Crippen molar-refractivity contribution in [2.24, 2.45) is 17.6 Å². The van der Waals surface area contributed by atoms with Gasteiger partial charge >= 0.3 is 5.97 Å². The number of carbonyl (C=O) groups excluding carboxylic acids is 8. The summed E-state index contributed by atoms with van der Waals surface area (Å²) in [6.07, 6.45) is 1.56. The van der Waals surface area contributed by atoms with Gasteiger partial charge in [0.1, 0.15) is 42.3 Å². The van der Waals surface area contributed by atoms with Crippen molar-refractivity contribution in [3.8, 4) is 0 Å². The van der Waals surface area contributed by atoms with Crippen molar-refractivity contribution in [2.45, 2.75) is 134 Å². The molecule has 0 aromatic rings. The minimum absolute atomic E-state index is 0.0416. The zero-order valence-electron chi connectivity index (χ0n) is 32.2. The third-order valence-corrected chi connectivity index (χ3v) is 9.70. The minimum Gasteiger partial charge on any atom is -0.480 e. The molecular weight excluding hydrogens is 740 g/mol. The van der Waals surface area contributed by atoms with Gasteiger partial charge < -0.3 is 63.0 Å². The molecule has 2 rings (SSSR count). The van der Waals surface area contributed by atoms with Crippen molar-refractivity contribution >= 4 is 53.2 Å². The van der Waals surface area contributed by atoms with Gasteiger partial charge in [-0.25, -0.2) is 4.79 Å². The standard InChI is InChI=1S/C35H58N8O13/c1-17(2)12-23(35(55)56)39-31(51)24(15-44)41-30(50)22(10-11-27(36)48)38-34(54)28(20-8-6-5-7-9-20)42-32(52)25(16-45)40-29(49)18(3)37-33(53)26-13-21(47)14-43(26)19(4)46/h17-18,20-26,28,44-45,47H,5-16H2,1-4H3,(H2,36,48)(H,37,53)(H,38,54)(H,39,51)(H,40,49)(H,41,50)(H,42,52)(H,55,56)/t18-,21+,22-,23-,24-,25-,26-,28-/m0/s1. The molecular formula is C35H58N8O13. The van der Waals surface area contributed by atoms with Crippen molar-refractivity contribution in [1.29, 1.82) is 0 Å². The number of primary amides is 1. The van der Waals surface area contributed by atoms with Gasteiger partial charge in [-0.2, -0.15) is 0 Å². The normalized spacial score (nSPS) is 20.3. The fourth-order valence-corrected chi connectivity index (χ4v) is 6.64. The number of aliphatic hydroxyl groups is 3. The molecule has 0 radical (unpaired) electrons. The molecule has 21 nitrogen and oxygen atoms in total. The lowest BCUT2D eigenvalue weighted by molar-refractivity contribution is -0.143. The van der Waals surface area contributed by atoms with Crippen LogP contribution in [0.25, 0.3) is 0 Å². The third-order valence-electron chi connectivity index (χ3n) is 9.70. The summed E-state index contributed by atoms with van der Waals surface area (Å²) >= 11 is 0. The largest absolute Gasteiger partial charge is 0.480 e. The van der Waals surface area contributed by atoms with Gasteiger partial charge in [-0.3, -0.25) is 38.4 Å². The van der Waals surface area contributed by atoms with Crippen molar-refractivity contribution in [1.82, 2.24) is 36.8 Å². The number of nitrogens with zero attached hydrogens (tertiary/aromatic N) is 1. The molecule has 1 aliphatic heterocycles.